The van der Waals surface area contributed by atoms with Crippen molar-refractivity contribution in [1.82, 2.24) is 0 Å². The molecule has 0 radical (unpaired) electrons. The third-order valence-electron chi connectivity index (χ3n) is 3.34. The van der Waals surface area contributed by atoms with Gasteiger partial charge in [-0.15, -0.1) is 0 Å². The van der Waals surface area contributed by atoms with E-state index in [1.807, 2.05) is 13.8 Å². The molecule has 0 heterocycles. The van der Waals surface area contributed by atoms with E-state index in [1.54, 1.807) is 6.07 Å². The van der Waals surface area contributed by atoms with E-state index in [1.165, 1.54) is 18.2 Å². The Balaban J connectivity index is 3.21. The molecule has 1 aromatic carbocycles. The predicted molar refractivity (Wildman–Crippen MR) is 75.6 cm³/mol. The molecule has 1 aromatic rings. The van der Waals surface area contributed by atoms with Gasteiger partial charge in [0.2, 0.25) is 9.84 Å². The molecule has 4 nitrogen and oxygen atoms in total. The molecule has 20 heavy (non-hydrogen) atoms. The van der Waals surface area contributed by atoms with E-state index in [0.717, 1.165) is 0 Å². The van der Waals surface area contributed by atoms with Crippen LogP contribution in [0.3, 0.4) is 0 Å². The lowest BCUT2D eigenvalue weighted by Crippen LogP contribution is -2.37. The van der Waals surface area contributed by atoms with Crippen LogP contribution in [-0.2, 0) is 9.84 Å². The lowest BCUT2D eigenvalue weighted by molar-refractivity contribution is 0.235. The molecule has 1 atom stereocenters. The van der Waals surface area contributed by atoms with Crippen molar-refractivity contribution in [2.45, 2.75) is 42.9 Å². The van der Waals surface area contributed by atoms with Crippen molar-refractivity contribution in [2.24, 2.45) is 5.73 Å². The highest BCUT2D eigenvalue weighted by atomic mass is 32.2. The van der Waals surface area contributed by atoms with Gasteiger partial charge in [0, 0.05) is 5.54 Å². The summed E-state index contributed by atoms with van der Waals surface area (Å²) in [6.07, 6.45) is 1.29. The lowest BCUT2D eigenvalue weighted by atomic mass is 9.94. The summed E-state index contributed by atoms with van der Waals surface area (Å²) in [5.41, 5.74) is 5.28. The fourth-order valence-electron chi connectivity index (χ4n) is 1.89. The average molecular weight is 306 g/mol. The minimum absolute atomic E-state index is 0.186. The summed E-state index contributed by atoms with van der Waals surface area (Å²) in [4.78, 5) is -0.383. The van der Waals surface area contributed by atoms with Crippen LogP contribution in [0.15, 0.2) is 29.2 Å². The highest BCUT2D eigenvalue weighted by molar-refractivity contribution is 7.91. The first-order valence-corrected chi connectivity index (χ1v) is 7.91. The molecule has 0 aliphatic rings. The van der Waals surface area contributed by atoms with Crippen molar-refractivity contribution in [2.75, 3.05) is 11.9 Å². The second-order valence-electron chi connectivity index (χ2n) is 4.88. The number of anilines is 1. The molecule has 0 aliphatic heterocycles. The van der Waals surface area contributed by atoms with E-state index in [-0.39, 0.29) is 10.6 Å². The van der Waals surface area contributed by atoms with Gasteiger partial charge in [-0.25, -0.2) is 8.42 Å². The molecule has 0 saturated heterocycles. The number of nitrogens with one attached hydrogen (secondary N) is 1. The monoisotopic (exact) mass is 306 g/mol. The molecule has 3 N–H and O–H groups in total. The first-order valence-electron chi connectivity index (χ1n) is 6.36. The van der Waals surface area contributed by atoms with Gasteiger partial charge < -0.3 is 11.1 Å². The fraction of sp³-hybridized carbons (Fsp3) is 0.538. The summed E-state index contributed by atoms with van der Waals surface area (Å²) in [6, 6.07) is 5.69. The Labute approximate surface area is 118 Å². The number of alkyl halides is 2. The average Bonchev–Trinajstić information content (AvgIpc) is 2.39. The van der Waals surface area contributed by atoms with Crippen molar-refractivity contribution < 1.29 is 17.2 Å². The standard InChI is InChI=1S/C13H20F2N2O2S/c1-3-13(2,8-9-16)17-10-6-4-5-7-11(10)20(18,19)12(14)15/h4-7,12,17H,3,8-9,16H2,1-2H3. The van der Waals surface area contributed by atoms with Gasteiger partial charge in [-0.2, -0.15) is 8.78 Å². The molecule has 1 rings (SSSR count). The smallest absolute Gasteiger partial charge is 0.341 e. The van der Waals surface area contributed by atoms with Crippen molar-refractivity contribution in [3.63, 3.8) is 0 Å². The summed E-state index contributed by atoms with van der Waals surface area (Å²) >= 11 is 0. The maximum atomic E-state index is 12.7. The zero-order valence-electron chi connectivity index (χ0n) is 11.6. The molecular formula is C13H20F2N2O2S. The van der Waals surface area contributed by atoms with E-state index in [4.69, 9.17) is 5.73 Å². The van der Waals surface area contributed by atoms with E-state index in [2.05, 4.69) is 5.32 Å². The van der Waals surface area contributed by atoms with Crippen LogP contribution in [0.1, 0.15) is 26.7 Å². The quantitative estimate of drug-likeness (QED) is 0.812. The molecular weight excluding hydrogens is 286 g/mol. The minimum atomic E-state index is -4.63. The van der Waals surface area contributed by atoms with Crippen LogP contribution < -0.4 is 11.1 Å². The Morgan fingerprint density at radius 2 is 1.95 bits per heavy atom. The number of rotatable bonds is 7. The Morgan fingerprint density at radius 3 is 2.45 bits per heavy atom. The summed E-state index contributed by atoms with van der Waals surface area (Å²) < 4.78 is 48.8. The number of halogens is 2. The molecule has 0 bridgehead atoms. The summed E-state index contributed by atoms with van der Waals surface area (Å²) in [6.45, 7) is 4.22. The highest BCUT2D eigenvalue weighted by Gasteiger charge is 2.31. The number of hydrogen-bond acceptors (Lipinski definition) is 4. The minimum Gasteiger partial charge on any atom is -0.379 e. The molecule has 1 unspecified atom stereocenters. The Kier molecular flexibility index (Phi) is 5.47. The van der Waals surface area contributed by atoms with Gasteiger partial charge in [-0.3, -0.25) is 0 Å². The SMILES string of the molecule is CCC(C)(CCN)Nc1ccccc1S(=O)(=O)C(F)F. The first kappa shape index (κ1) is 16.8. The van der Waals surface area contributed by atoms with E-state index >= 15 is 0 Å². The van der Waals surface area contributed by atoms with Crippen LogP contribution in [0.2, 0.25) is 0 Å². The van der Waals surface area contributed by atoms with Crippen LogP contribution >= 0.6 is 0 Å². The van der Waals surface area contributed by atoms with Crippen molar-refractivity contribution in [3.8, 4) is 0 Å². The molecule has 0 amide bonds. The normalized spacial score (nSPS) is 15.1. The molecule has 114 valence electrons. The third kappa shape index (κ3) is 3.67. The van der Waals surface area contributed by atoms with E-state index in [9.17, 15) is 17.2 Å². The Morgan fingerprint density at radius 1 is 1.35 bits per heavy atom. The number of sulfone groups is 1. The number of para-hydroxylation sites is 1. The van der Waals surface area contributed by atoms with Gasteiger partial charge >= 0.3 is 5.76 Å². The largest absolute Gasteiger partial charge is 0.379 e. The Bertz CT molecular complexity index is 549. The Hall–Kier alpha value is -1.21. The second kappa shape index (κ2) is 6.49. The summed E-state index contributed by atoms with van der Waals surface area (Å²) in [7, 11) is -4.63. The summed E-state index contributed by atoms with van der Waals surface area (Å²) in [5, 5.41) is 3.04. The van der Waals surface area contributed by atoms with Gasteiger partial charge in [-0.05, 0) is 38.4 Å². The zero-order chi connectivity index (χ0) is 15.4. The van der Waals surface area contributed by atoms with Crippen molar-refractivity contribution in [3.05, 3.63) is 24.3 Å². The van der Waals surface area contributed by atoms with E-state index < -0.39 is 21.1 Å². The fourth-order valence-corrected chi connectivity index (χ4v) is 2.77. The van der Waals surface area contributed by atoms with Crippen LogP contribution in [0.4, 0.5) is 14.5 Å². The van der Waals surface area contributed by atoms with Gasteiger partial charge in [0.05, 0.1) is 10.6 Å². The van der Waals surface area contributed by atoms with Gasteiger partial charge in [-0.1, -0.05) is 19.1 Å². The van der Waals surface area contributed by atoms with E-state index in [0.29, 0.717) is 19.4 Å². The lowest BCUT2D eigenvalue weighted by Gasteiger charge is -2.31. The maximum Gasteiger partial charge on any atom is 0.341 e. The van der Waals surface area contributed by atoms with Gasteiger partial charge in [0.25, 0.3) is 0 Å². The number of hydrogen-bond donors (Lipinski definition) is 2. The number of nitrogens with two attached hydrogens (primary N) is 1. The highest BCUT2D eigenvalue weighted by Crippen LogP contribution is 2.30. The molecule has 0 aromatic heterocycles. The predicted octanol–water partition coefficient (Wildman–Crippen LogP) is 2.61. The first-order chi connectivity index (χ1) is 9.27. The zero-order valence-corrected chi connectivity index (χ0v) is 12.4. The third-order valence-corrected chi connectivity index (χ3v) is 4.78. The second-order valence-corrected chi connectivity index (χ2v) is 6.77. The van der Waals surface area contributed by atoms with Crippen LogP contribution in [0, 0.1) is 0 Å². The molecule has 0 aliphatic carbocycles. The van der Waals surface area contributed by atoms with Crippen LogP contribution in [0.5, 0.6) is 0 Å². The van der Waals surface area contributed by atoms with Crippen molar-refractivity contribution in [1.29, 1.82) is 0 Å². The molecule has 0 fully saturated rings. The number of benzene rings is 1. The topological polar surface area (TPSA) is 72.2 Å². The molecule has 7 heteroatoms. The van der Waals surface area contributed by atoms with Crippen LogP contribution in [0.25, 0.3) is 0 Å². The van der Waals surface area contributed by atoms with Gasteiger partial charge in [0.1, 0.15) is 0 Å². The molecule has 0 spiro atoms. The maximum absolute atomic E-state index is 12.7. The molecule has 0 saturated carbocycles. The van der Waals surface area contributed by atoms with Gasteiger partial charge in [0.15, 0.2) is 0 Å². The van der Waals surface area contributed by atoms with Crippen LogP contribution in [-0.4, -0.2) is 26.3 Å². The van der Waals surface area contributed by atoms with Crippen molar-refractivity contribution >= 4 is 15.5 Å². The summed E-state index contributed by atoms with van der Waals surface area (Å²) in [5.74, 6) is -3.44.